The van der Waals surface area contributed by atoms with Crippen molar-refractivity contribution in [2.75, 3.05) is 18.6 Å². The van der Waals surface area contributed by atoms with Gasteiger partial charge in [0.15, 0.2) is 17.2 Å². The van der Waals surface area contributed by atoms with Crippen molar-refractivity contribution in [2.24, 2.45) is 0 Å². The molecule has 1 unspecified atom stereocenters. The number of anilines is 1. The minimum Gasteiger partial charge on any atom is -0.493 e. The van der Waals surface area contributed by atoms with Gasteiger partial charge in [-0.05, 0) is 42.8 Å². The van der Waals surface area contributed by atoms with Gasteiger partial charge in [-0.15, -0.1) is 10.2 Å². The highest BCUT2D eigenvalue weighted by Crippen LogP contribution is 2.44. The lowest BCUT2D eigenvalue weighted by molar-refractivity contribution is -0.118. The number of ether oxygens (including phenoxy) is 3. The van der Waals surface area contributed by atoms with Crippen LogP contribution in [-0.2, 0) is 10.5 Å². The molecule has 194 valence electrons. The molecule has 8 nitrogen and oxygen atoms in total. The Labute approximate surface area is 229 Å². The van der Waals surface area contributed by atoms with Crippen LogP contribution in [0.3, 0.4) is 0 Å². The van der Waals surface area contributed by atoms with Crippen LogP contribution in [0.2, 0.25) is 5.02 Å². The highest BCUT2D eigenvalue weighted by molar-refractivity contribution is 7.98. The van der Waals surface area contributed by atoms with Crippen LogP contribution in [-0.4, -0.2) is 34.8 Å². The number of hydrogen-bond acceptors (Lipinski definition) is 8. The van der Waals surface area contributed by atoms with E-state index in [4.69, 9.17) is 30.8 Å². The van der Waals surface area contributed by atoms with Crippen LogP contribution in [0, 0.1) is 0 Å². The fraction of sp³-hybridized carbons (Fsp3) is 0.214. The molecule has 1 atom stereocenters. The van der Waals surface area contributed by atoms with E-state index in [2.05, 4.69) is 10.2 Å². The van der Waals surface area contributed by atoms with Gasteiger partial charge in [-0.2, -0.15) is 4.98 Å². The zero-order valence-electron chi connectivity index (χ0n) is 21.1. The summed E-state index contributed by atoms with van der Waals surface area (Å²) in [6.07, 6.45) is -0.835. The molecular weight excluding hydrogens is 524 g/mol. The number of amides is 1. The maximum Gasteiger partial charge on any atom is 0.247 e. The molecular formula is C28H25ClN4O4S. The van der Waals surface area contributed by atoms with Gasteiger partial charge in [-0.3, -0.25) is 9.69 Å². The minimum absolute atomic E-state index is 0.203. The van der Waals surface area contributed by atoms with E-state index in [0.717, 1.165) is 5.56 Å². The lowest BCUT2D eigenvalue weighted by Crippen LogP contribution is -2.36. The standard InChI is InChI=1S/C28H25ClN4O4S/c1-4-36-24-15-18(13-14-23(24)35-3)27-33(17(2)34)22-12-8-6-10-20(22)25-26(37-27)30-28(32-31-25)38-16-19-9-5-7-11-21(19)29/h5-15,27H,4,16H2,1-3H3. The third-order valence-corrected chi connectivity index (χ3v) is 7.19. The highest BCUT2D eigenvalue weighted by Gasteiger charge is 2.35. The van der Waals surface area contributed by atoms with Crippen LogP contribution in [0.4, 0.5) is 5.69 Å². The number of benzene rings is 3. The summed E-state index contributed by atoms with van der Waals surface area (Å²) in [5.74, 6) is 1.77. The van der Waals surface area contributed by atoms with E-state index in [1.54, 1.807) is 18.1 Å². The van der Waals surface area contributed by atoms with Crippen molar-refractivity contribution in [3.8, 4) is 28.6 Å². The van der Waals surface area contributed by atoms with Crippen molar-refractivity contribution >= 4 is 35.0 Å². The number of hydrogen-bond donors (Lipinski definition) is 0. The van der Waals surface area contributed by atoms with E-state index in [1.807, 2.05) is 67.6 Å². The summed E-state index contributed by atoms with van der Waals surface area (Å²) in [6.45, 7) is 3.85. The highest BCUT2D eigenvalue weighted by atomic mass is 35.5. The molecule has 3 aromatic carbocycles. The Kier molecular flexibility index (Phi) is 7.67. The first kappa shape index (κ1) is 25.8. The van der Waals surface area contributed by atoms with Crippen LogP contribution < -0.4 is 19.1 Å². The molecule has 4 aromatic rings. The van der Waals surface area contributed by atoms with Crippen molar-refractivity contribution in [3.63, 3.8) is 0 Å². The van der Waals surface area contributed by atoms with E-state index in [-0.39, 0.29) is 11.8 Å². The molecule has 0 N–H and O–H groups in total. The number of nitrogens with zero attached hydrogens (tertiary/aromatic N) is 4. The first-order valence-electron chi connectivity index (χ1n) is 12.0. The average Bonchev–Trinajstić information content (AvgIpc) is 3.07. The molecule has 0 bridgehead atoms. The van der Waals surface area contributed by atoms with Crippen LogP contribution >= 0.6 is 23.4 Å². The average molecular weight is 549 g/mol. The third-order valence-electron chi connectivity index (χ3n) is 5.94. The van der Waals surface area contributed by atoms with Crippen LogP contribution in [0.1, 0.15) is 31.2 Å². The molecule has 5 rings (SSSR count). The second kappa shape index (κ2) is 11.3. The summed E-state index contributed by atoms with van der Waals surface area (Å²) in [5, 5.41) is 9.93. The van der Waals surface area contributed by atoms with Crippen molar-refractivity contribution in [3.05, 3.63) is 82.9 Å². The van der Waals surface area contributed by atoms with Gasteiger partial charge in [-0.25, -0.2) is 0 Å². The lowest BCUT2D eigenvalue weighted by Gasteiger charge is -2.30. The predicted molar refractivity (Wildman–Crippen MR) is 147 cm³/mol. The van der Waals surface area contributed by atoms with E-state index in [0.29, 0.717) is 56.5 Å². The fourth-order valence-electron chi connectivity index (χ4n) is 4.20. The van der Waals surface area contributed by atoms with Crippen molar-refractivity contribution in [1.82, 2.24) is 15.2 Å². The number of aromatic nitrogens is 3. The number of methoxy groups -OCH3 is 1. The monoisotopic (exact) mass is 548 g/mol. The zero-order chi connectivity index (χ0) is 26.6. The second-order valence-corrected chi connectivity index (χ2v) is 9.70. The largest absolute Gasteiger partial charge is 0.493 e. The molecule has 0 aliphatic carbocycles. The minimum atomic E-state index is -0.835. The Morgan fingerprint density at radius 2 is 1.87 bits per heavy atom. The topological polar surface area (TPSA) is 86.7 Å². The molecule has 38 heavy (non-hydrogen) atoms. The van der Waals surface area contributed by atoms with Crippen LogP contribution in [0.5, 0.6) is 17.4 Å². The maximum atomic E-state index is 13.1. The SMILES string of the molecule is CCOc1cc(C2Oc3nc(SCc4ccccc4Cl)nnc3-c3ccccc3N2C(C)=O)ccc1OC. The molecule has 1 aromatic heterocycles. The molecule has 2 heterocycles. The molecule has 0 radical (unpaired) electrons. The smallest absolute Gasteiger partial charge is 0.247 e. The summed E-state index contributed by atoms with van der Waals surface area (Å²) in [6, 6.07) is 20.6. The first-order chi connectivity index (χ1) is 18.5. The fourth-order valence-corrected chi connectivity index (χ4v) is 5.27. The van der Waals surface area contributed by atoms with Crippen LogP contribution in [0.25, 0.3) is 11.3 Å². The Hall–Kier alpha value is -3.82. The Balaban J connectivity index is 1.59. The third kappa shape index (κ3) is 5.12. The van der Waals surface area contributed by atoms with Gasteiger partial charge in [0.1, 0.15) is 0 Å². The normalized spacial score (nSPS) is 14.1. The number of rotatable bonds is 7. The van der Waals surface area contributed by atoms with Gasteiger partial charge >= 0.3 is 0 Å². The Bertz CT molecular complexity index is 1490. The number of carbonyl (C=O) groups is 1. The summed E-state index contributed by atoms with van der Waals surface area (Å²) in [5.41, 5.74) is 3.45. The van der Waals surface area contributed by atoms with E-state index >= 15 is 0 Å². The number of para-hydroxylation sites is 1. The number of fused-ring (bicyclic) bond motifs is 3. The van der Waals surface area contributed by atoms with Crippen molar-refractivity contribution < 1.29 is 19.0 Å². The molecule has 0 fully saturated rings. The predicted octanol–water partition coefficient (Wildman–Crippen LogP) is 6.34. The van der Waals surface area contributed by atoms with Gasteiger partial charge in [0.2, 0.25) is 23.2 Å². The van der Waals surface area contributed by atoms with Gasteiger partial charge in [0, 0.05) is 28.8 Å². The lowest BCUT2D eigenvalue weighted by atomic mass is 10.1. The van der Waals surface area contributed by atoms with Crippen molar-refractivity contribution in [1.29, 1.82) is 0 Å². The quantitative estimate of drug-likeness (QED) is 0.247. The number of halogens is 1. The molecule has 0 saturated heterocycles. The molecule has 0 saturated carbocycles. The molecule has 1 amide bonds. The Morgan fingerprint density at radius 3 is 2.63 bits per heavy atom. The molecule has 0 spiro atoms. The van der Waals surface area contributed by atoms with E-state index in [9.17, 15) is 4.79 Å². The summed E-state index contributed by atoms with van der Waals surface area (Å²) >= 11 is 7.72. The molecule has 1 aliphatic rings. The van der Waals surface area contributed by atoms with Gasteiger partial charge in [0.25, 0.3) is 0 Å². The zero-order valence-corrected chi connectivity index (χ0v) is 22.6. The van der Waals surface area contributed by atoms with Crippen molar-refractivity contribution in [2.45, 2.75) is 31.0 Å². The van der Waals surface area contributed by atoms with Crippen LogP contribution in [0.15, 0.2) is 71.9 Å². The van der Waals surface area contributed by atoms with E-state index < -0.39 is 6.23 Å². The summed E-state index contributed by atoms with van der Waals surface area (Å²) in [7, 11) is 1.58. The number of carbonyl (C=O) groups excluding carboxylic acids is 1. The summed E-state index contributed by atoms with van der Waals surface area (Å²) in [4.78, 5) is 19.4. The molecule has 10 heteroatoms. The first-order valence-corrected chi connectivity index (χ1v) is 13.3. The van der Waals surface area contributed by atoms with Gasteiger partial charge < -0.3 is 14.2 Å². The van der Waals surface area contributed by atoms with E-state index in [1.165, 1.54) is 18.7 Å². The second-order valence-electron chi connectivity index (χ2n) is 8.35. The van der Waals surface area contributed by atoms with Gasteiger partial charge in [-0.1, -0.05) is 59.8 Å². The summed E-state index contributed by atoms with van der Waals surface area (Å²) < 4.78 is 17.7. The Morgan fingerprint density at radius 1 is 1.08 bits per heavy atom. The van der Waals surface area contributed by atoms with Gasteiger partial charge in [0.05, 0.1) is 19.4 Å². The maximum absolute atomic E-state index is 13.1. The molecule has 1 aliphatic heterocycles. The number of thioether (sulfide) groups is 1.